The predicted molar refractivity (Wildman–Crippen MR) is 105 cm³/mol. The summed E-state index contributed by atoms with van der Waals surface area (Å²) < 4.78 is 16.7. The summed E-state index contributed by atoms with van der Waals surface area (Å²) in [5.74, 6) is -1.90. The Kier molecular flexibility index (Phi) is 4.40. The van der Waals surface area contributed by atoms with Crippen LogP contribution in [0.2, 0.25) is 5.02 Å². The SMILES string of the molecule is CC1Sc2c(C(=O)O)c(=O)c3cc(F)c(N4CC[C@H](N(C)C)C4)c(Cl)c3n21. The van der Waals surface area contributed by atoms with Gasteiger partial charge in [0, 0.05) is 19.1 Å². The fourth-order valence-electron chi connectivity index (χ4n) is 3.93. The van der Waals surface area contributed by atoms with E-state index in [4.69, 9.17) is 11.6 Å². The van der Waals surface area contributed by atoms with Crippen LogP contribution >= 0.6 is 23.4 Å². The summed E-state index contributed by atoms with van der Waals surface area (Å²) in [6, 6.07) is 1.43. The minimum absolute atomic E-state index is 0.0120. The standard InChI is InChI=1S/C18H19ClFN3O3S/c1-8-23-14-10(16(24)12(18(25)26)17(23)27-8)6-11(20)15(13(14)19)22-5-4-9(7-22)21(2)3/h6,8-9H,4-5,7H2,1-3H3,(H,25,26)/t8?,9-/m0/s1. The van der Waals surface area contributed by atoms with Crippen molar-refractivity contribution in [2.75, 3.05) is 32.1 Å². The molecule has 0 radical (unpaired) electrons. The van der Waals surface area contributed by atoms with Crippen molar-refractivity contribution in [2.45, 2.75) is 29.8 Å². The first-order valence-electron chi connectivity index (χ1n) is 8.63. The van der Waals surface area contributed by atoms with E-state index in [9.17, 15) is 19.1 Å². The second-order valence-electron chi connectivity index (χ2n) is 7.17. The molecule has 0 aliphatic carbocycles. The van der Waals surface area contributed by atoms with E-state index in [1.165, 1.54) is 11.8 Å². The van der Waals surface area contributed by atoms with Crippen molar-refractivity contribution in [3.05, 3.63) is 32.7 Å². The minimum atomic E-state index is -1.31. The van der Waals surface area contributed by atoms with Gasteiger partial charge in [0.05, 0.1) is 32.0 Å². The molecule has 0 amide bonds. The lowest BCUT2D eigenvalue weighted by Gasteiger charge is -2.34. The molecule has 27 heavy (non-hydrogen) atoms. The maximum Gasteiger partial charge on any atom is 0.342 e. The number of hydrogen-bond acceptors (Lipinski definition) is 5. The molecule has 1 aromatic heterocycles. The van der Waals surface area contributed by atoms with E-state index in [0.29, 0.717) is 29.7 Å². The fraction of sp³-hybridized carbons (Fsp3) is 0.444. The van der Waals surface area contributed by atoms with Crippen molar-refractivity contribution >= 4 is 45.9 Å². The molecule has 144 valence electrons. The van der Waals surface area contributed by atoms with Gasteiger partial charge in [-0.05, 0) is 33.5 Å². The molecular formula is C18H19ClFN3O3S. The number of halogens is 2. The highest BCUT2D eigenvalue weighted by molar-refractivity contribution is 8.00. The second kappa shape index (κ2) is 6.39. The molecule has 1 unspecified atom stereocenters. The van der Waals surface area contributed by atoms with Gasteiger partial charge in [0.2, 0.25) is 5.43 Å². The van der Waals surface area contributed by atoms with E-state index >= 15 is 0 Å². The molecule has 0 spiro atoms. The van der Waals surface area contributed by atoms with Crippen LogP contribution in [0.1, 0.15) is 29.1 Å². The highest BCUT2D eigenvalue weighted by Crippen LogP contribution is 2.49. The number of nitrogens with zero attached hydrogens (tertiary/aromatic N) is 3. The molecule has 2 aromatic rings. The lowest BCUT2D eigenvalue weighted by atomic mass is 10.1. The zero-order valence-electron chi connectivity index (χ0n) is 15.1. The Balaban J connectivity index is 1.97. The second-order valence-corrected chi connectivity index (χ2v) is 8.85. The van der Waals surface area contributed by atoms with E-state index in [1.54, 1.807) is 4.57 Å². The number of pyridine rings is 1. The van der Waals surface area contributed by atoms with Gasteiger partial charge in [-0.3, -0.25) is 4.79 Å². The molecule has 6 nitrogen and oxygen atoms in total. The molecule has 1 aromatic carbocycles. The number of likely N-dealkylation sites (N-methyl/N-ethyl adjacent to an activating group) is 1. The maximum atomic E-state index is 15.0. The van der Waals surface area contributed by atoms with Crippen LogP contribution in [0, 0.1) is 5.82 Å². The number of carboxylic acids is 1. The summed E-state index contributed by atoms with van der Waals surface area (Å²) in [4.78, 5) is 28.3. The number of thioether (sulfide) groups is 1. The maximum absolute atomic E-state index is 15.0. The van der Waals surface area contributed by atoms with Crippen LogP contribution in [0.4, 0.5) is 10.1 Å². The molecule has 2 atom stereocenters. The zero-order valence-corrected chi connectivity index (χ0v) is 16.7. The van der Waals surface area contributed by atoms with Gasteiger partial charge in [-0.2, -0.15) is 0 Å². The molecule has 1 saturated heterocycles. The number of carboxylic acid groups (broad SMARTS) is 1. The third-order valence-corrected chi connectivity index (χ3v) is 6.92. The molecule has 2 aliphatic heterocycles. The van der Waals surface area contributed by atoms with Crippen LogP contribution < -0.4 is 10.3 Å². The van der Waals surface area contributed by atoms with E-state index in [-0.39, 0.29) is 27.0 Å². The third-order valence-electron chi connectivity index (χ3n) is 5.38. The van der Waals surface area contributed by atoms with E-state index in [0.717, 1.165) is 12.5 Å². The van der Waals surface area contributed by atoms with Crippen LogP contribution in [-0.4, -0.2) is 53.8 Å². The molecule has 2 aliphatic rings. The minimum Gasteiger partial charge on any atom is -0.477 e. The normalized spacial score (nSPS) is 21.6. The number of carbonyl (C=O) groups is 1. The van der Waals surface area contributed by atoms with Crippen molar-refractivity contribution < 1.29 is 14.3 Å². The summed E-state index contributed by atoms with van der Waals surface area (Å²) in [7, 11) is 3.97. The van der Waals surface area contributed by atoms with Gasteiger partial charge in [-0.25, -0.2) is 9.18 Å². The van der Waals surface area contributed by atoms with E-state index in [2.05, 4.69) is 4.90 Å². The highest BCUT2D eigenvalue weighted by Gasteiger charge is 2.36. The molecular weight excluding hydrogens is 393 g/mol. The van der Waals surface area contributed by atoms with Gasteiger partial charge in [0.15, 0.2) is 0 Å². The number of anilines is 1. The Morgan fingerprint density at radius 2 is 2.15 bits per heavy atom. The van der Waals surface area contributed by atoms with Gasteiger partial charge >= 0.3 is 5.97 Å². The Labute approximate surface area is 164 Å². The molecule has 0 bridgehead atoms. The Hall–Kier alpha value is -1.77. The van der Waals surface area contributed by atoms with Crippen LogP contribution in [0.25, 0.3) is 10.9 Å². The number of rotatable bonds is 3. The fourth-order valence-corrected chi connectivity index (χ4v) is 5.48. The van der Waals surface area contributed by atoms with E-state index in [1.807, 2.05) is 25.9 Å². The topological polar surface area (TPSA) is 65.8 Å². The lowest BCUT2D eigenvalue weighted by molar-refractivity contribution is 0.0689. The first kappa shape index (κ1) is 18.6. The summed E-state index contributed by atoms with van der Waals surface area (Å²) in [5, 5.41) is 9.91. The van der Waals surface area contributed by atoms with Gasteiger partial charge in [0.25, 0.3) is 0 Å². The highest BCUT2D eigenvalue weighted by atomic mass is 35.5. The Morgan fingerprint density at radius 1 is 1.44 bits per heavy atom. The Morgan fingerprint density at radius 3 is 2.70 bits per heavy atom. The van der Waals surface area contributed by atoms with Crippen molar-refractivity contribution in [1.29, 1.82) is 0 Å². The smallest absolute Gasteiger partial charge is 0.342 e. The molecule has 0 saturated carbocycles. The predicted octanol–water partition coefficient (Wildman–Crippen LogP) is 3.26. The van der Waals surface area contributed by atoms with Gasteiger partial charge in [0.1, 0.15) is 11.4 Å². The average molecular weight is 412 g/mol. The molecule has 3 heterocycles. The van der Waals surface area contributed by atoms with Crippen LogP contribution in [-0.2, 0) is 0 Å². The van der Waals surface area contributed by atoms with Crippen molar-refractivity contribution in [3.63, 3.8) is 0 Å². The average Bonchev–Trinajstić information content (AvgIpc) is 3.05. The van der Waals surface area contributed by atoms with Crippen LogP contribution in [0.15, 0.2) is 15.9 Å². The van der Waals surface area contributed by atoms with Crippen LogP contribution in [0.5, 0.6) is 0 Å². The number of hydrogen-bond donors (Lipinski definition) is 1. The van der Waals surface area contributed by atoms with Crippen molar-refractivity contribution in [1.82, 2.24) is 9.47 Å². The Bertz CT molecular complexity index is 1040. The summed E-state index contributed by atoms with van der Waals surface area (Å²) >= 11 is 7.93. The number of aromatic nitrogens is 1. The van der Waals surface area contributed by atoms with Crippen LogP contribution in [0.3, 0.4) is 0 Å². The molecule has 1 N–H and O–H groups in total. The zero-order chi connectivity index (χ0) is 19.6. The number of fused-ring (bicyclic) bond motifs is 3. The summed E-state index contributed by atoms with van der Waals surface area (Å²) in [6.07, 6.45) is 0.892. The molecule has 9 heteroatoms. The molecule has 4 rings (SSSR count). The number of aromatic carboxylic acids is 1. The summed E-state index contributed by atoms with van der Waals surface area (Å²) in [5.41, 5.74) is -0.307. The monoisotopic (exact) mass is 411 g/mol. The third kappa shape index (κ3) is 2.65. The van der Waals surface area contributed by atoms with Gasteiger partial charge in [-0.15, -0.1) is 0 Å². The summed E-state index contributed by atoms with van der Waals surface area (Å²) in [6.45, 7) is 3.20. The van der Waals surface area contributed by atoms with Crippen molar-refractivity contribution in [3.8, 4) is 0 Å². The largest absolute Gasteiger partial charge is 0.477 e. The first-order valence-corrected chi connectivity index (χ1v) is 9.89. The number of benzene rings is 1. The molecule has 1 fully saturated rings. The van der Waals surface area contributed by atoms with E-state index < -0.39 is 17.2 Å². The quantitative estimate of drug-likeness (QED) is 0.836. The van der Waals surface area contributed by atoms with Crippen molar-refractivity contribution in [2.24, 2.45) is 0 Å². The first-order chi connectivity index (χ1) is 12.7. The van der Waals surface area contributed by atoms with Gasteiger partial charge < -0.3 is 19.5 Å². The lowest BCUT2D eigenvalue weighted by Crippen LogP contribution is -2.32. The van der Waals surface area contributed by atoms with Gasteiger partial charge in [-0.1, -0.05) is 23.4 Å².